The number of anilines is 2. The zero-order valence-corrected chi connectivity index (χ0v) is 29.1. The van der Waals surface area contributed by atoms with Gasteiger partial charge in [0.15, 0.2) is 0 Å². The van der Waals surface area contributed by atoms with Crippen LogP contribution in [0.1, 0.15) is 61.7 Å². The lowest BCUT2D eigenvalue weighted by molar-refractivity contribution is -0.120. The Labute approximate surface area is 289 Å². The van der Waals surface area contributed by atoms with E-state index >= 15 is 0 Å². The van der Waals surface area contributed by atoms with Crippen molar-refractivity contribution in [2.45, 2.75) is 64.5 Å². The molecule has 0 radical (unpaired) electrons. The molecule has 1 aliphatic rings. The number of aryl methyl sites for hydroxylation is 3. The maximum Gasteiger partial charge on any atom is 0.241 e. The lowest BCUT2D eigenvalue weighted by Gasteiger charge is -2.33. The zero-order valence-electron chi connectivity index (χ0n) is 29.1. The molecule has 9 heteroatoms. The molecule has 1 fully saturated rings. The highest BCUT2D eigenvalue weighted by molar-refractivity contribution is 5.97. The lowest BCUT2D eigenvalue weighted by Crippen LogP contribution is -2.45. The average molecular weight is 657 g/mol. The van der Waals surface area contributed by atoms with Crippen LogP contribution in [0.5, 0.6) is 0 Å². The van der Waals surface area contributed by atoms with Crippen molar-refractivity contribution in [1.29, 1.82) is 5.41 Å². The number of carbonyl (C=O) groups excluding carboxylic acids is 1. The summed E-state index contributed by atoms with van der Waals surface area (Å²) < 4.78 is 2.14. The van der Waals surface area contributed by atoms with Crippen LogP contribution in [-0.4, -0.2) is 56.9 Å². The fourth-order valence-electron chi connectivity index (χ4n) is 6.52. The van der Waals surface area contributed by atoms with Crippen LogP contribution in [0, 0.1) is 5.41 Å². The highest BCUT2D eigenvalue weighted by Gasteiger charge is 2.25. The maximum atomic E-state index is 14.2. The molecule has 0 unspecified atom stereocenters. The van der Waals surface area contributed by atoms with Gasteiger partial charge in [0, 0.05) is 50.0 Å². The zero-order chi connectivity index (χ0) is 34.5. The number of hydrogen-bond donors (Lipinski definition) is 3. The molecule has 2 aromatic heterocycles. The molecule has 6 rings (SSSR count). The van der Waals surface area contributed by atoms with E-state index in [1.165, 1.54) is 11.1 Å². The Balaban J connectivity index is 1.19. The number of amidine groups is 1. The van der Waals surface area contributed by atoms with Gasteiger partial charge < -0.3 is 20.5 Å². The molecule has 5 aromatic rings. The van der Waals surface area contributed by atoms with E-state index in [1.807, 2.05) is 53.6 Å². The Bertz CT molecular complexity index is 1880. The van der Waals surface area contributed by atoms with Gasteiger partial charge in [-0.05, 0) is 71.7 Å². The third-order valence-electron chi connectivity index (χ3n) is 9.60. The molecule has 0 atom stereocenters. The van der Waals surface area contributed by atoms with Gasteiger partial charge in [0.25, 0.3) is 0 Å². The number of aromatic nitrogens is 3. The molecule has 1 aliphatic heterocycles. The van der Waals surface area contributed by atoms with E-state index in [2.05, 4.69) is 90.1 Å². The van der Waals surface area contributed by atoms with Gasteiger partial charge >= 0.3 is 0 Å². The summed E-state index contributed by atoms with van der Waals surface area (Å²) in [7, 11) is 2.05. The van der Waals surface area contributed by atoms with Crippen LogP contribution < -0.4 is 16.0 Å². The first-order chi connectivity index (χ1) is 23.5. The fraction of sp³-hybridized carbons (Fsp3) is 0.350. The number of hydrogen-bond acceptors (Lipinski definition) is 6. The molecule has 1 amide bonds. The number of nitrogens with one attached hydrogen (secondary N) is 2. The molecular weight excluding hydrogens is 608 g/mol. The van der Waals surface area contributed by atoms with Crippen molar-refractivity contribution in [1.82, 2.24) is 19.4 Å². The van der Waals surface area contributed by atoms with Crippen molar-refractivity contribution in [3.05, 3.63) is 119 Å². The molecule has 0 saturated carbocycles. The van der Waals surface area contributed by atoms with Crippen molar-refractivity contribution in [2.24, 2.45) is 12.8 Å². The van der Waals surface area contributed by atoms with Gasteiger partial charge in [-0.15, -0.1) is 0 Å². The Hall–Kier alpha value is -5.02. The number of rotatable bonds is 11. The van der Waals surface area contributed by atoms with Crippen LogP contribution in [0.3, 0.4) is 0 Å². The monoisotopic (exact) mass is 656 g/mol. The first kappa shape index (κ1) is 33.9. The summed E-state index contributed by atoms with van der Waals surface area (Å²) in [5.41, 5.74) is 12.7. The van der Waals surface area contributed by atoms with Gasteiger partial charge in [-0.1, -0.05) is 75.4 Å². The first-order valence-corrected chi connectivity index (χ1v) is 17.2. The fourth-order valence-corrected chi connectivity index (χ4v) is 6.52. The highest BCUT2D eigenvalue weighted by Crippen LogP contribution is 2.27. The second-order valence-corrected chi connectivity index (χ2v) is 14.2. The first-order valence-electron chi connectivity index (χ1n) is 17.2. The summed E-state index contributed by atoms with van der Waals surface area (Å²) in [4.78, 5) is 27.8. The van der Waals surface area contributed by atoms with E-state index in [-0.39, 0.29) is 17.2 Å². The smallest absolute Gasteiger partial charge is 0.241 e. The van der Waals surface area contributed by atoms with Crippen molar-refractivity contribution < 1.29 is 4.79 Å². The second kappa shape index (κ2) is 14.6. The number of pyridine rings is 1. The van der Waals surface area contributed by atoms with Crippen LogP contribution >= 0.6 is 0 Å². The molecule has 3 aromatic carbocycles. The van der Waals surface area contributed by atoms with Crippen molar-refractivity contribution in [3.63, 3.8) is 0 Å². The predicted octanol–water partition coefficient (Wildman–Crippen LogP) is 6.44. The topological polar surface area (TPSA) is 116 Å². The second-order valence-electron chi connectivity index (χ2n) is 14.2. The molecule has 0 spiro atoms. The standard InChI is InChI=1S/C40H48N8O/c1-40(2,3)31-15-10-29(11-16-31)26-48(38(49)27-47-23-20-32(21-24-47)44-36-7-5-6-22-43-36)33-17-18-35-34(25-33)45-37(46(35)4)19-12-28-8-13-30(14-9-28)39(41)42/h5-11,13-18,22,25,32H,12,19-21,23-24,26-27H2,1-4H3,(H3,41,42)(H,43,44). The largest absolute Gasteiger partial charge is 0.384 e. The normalized spacial score (nSPS) is 14.2. The Morgan fingerprint density at radius 1 is 0.959 bits per heavy atom. The molecule has 0 aliphatic carbocycles. The van der Waals surface area contributed by atoms with Crippen molar-refractivity contribution in [2.75, 3.05) is 29.9 Å². The van der Waals surface area contributed by atoms with Gasteiger partial charge in [-0.2, -0.15) is 0 Å². The third kappa shape index (κ3) is 8.35. The number of imidazole rings is 1. The molecular formula is C40H48N8O. The quantitative estimate of drug-likeness (QED) is 0.111. The van der Waals surface area contributed by atoms with Crippen LogP contribution in [-0.2, 0) is 36.6 Å². The van der Waals surface area contributed by atoms with Gasteiger partial charge in [-0.25, -0.2) is 9.97 Å². The average Bonchev–Trinajstić information content (AvgIpc) is 3.41. The number of fused-ring (bicyclic) bond motifs is 1. The summed E-state index contributed by atoms with van der Waals surface area (Å²) in [6.07, 6.45) is 5.32. The SMILES string of the molecule is Cn1c(CCc2ccc(C(=N)N)cc2)nc2cc(N(Cc3ccc(C(C)(C)C)cc3)C(=O)CN3CCC(Nc4ccccn4)CC3)ccc21. The number of likely N-dealkylation sites (tertiary alicyclic amines) is 1. The van der Waals surface area contributed by atoms with Crippen LogP contribution in [0.25, 0.3) is 11.0 Å². The van der Waals surface area contributed by atoms with E-state index < -0.39 is 0 Å². The van der Waals surface area contributed by atoms with Gasteiger partial charge in [0.05, 0.1) is 24.1 Å². The van der Waals surface area contributed by atoms with Crippen LogP contribution in [0.15, 0.2) is 91.1 Å². The van der Waals surface area contributed by atoms with E-state index in [1.54, 1.807) is 0 Å². The number of nitrogens with two attached hydrogens (primary N) is 1. The molecule has 3 heterocycles. The lowest BCUT2D eigenvalue weighted by atomic mass is 9.87. The summed E-state index contributed by atoms with van der Waals surface area (Å²) >= 11 is 0. The van der Waals surface area contributed by atoms with Gasteiger partial charge in [0.1, 0.15) is 17.5 Å². The van der Waals surface area contributed by atoms with Crippen LogP contribution in [0.4, 0.5) is 11.5 Å². The van der Waals surface area contributed by atoms with E-state index in [9.17, 15) is 4.79 Å². The minimum Gasteiger partial charge on any atom is -0.384 e. The van der Waals surface area contributed by atoms with Crippen molar-refractivity contribution >= 4 is 34.3 Å². The summed E-state index contributed by atoms with van der Waals surface area (Å²) in [5, 5.41) is 11.2. The van der Waals surface area contributed by atoms with Gasteiger partial charge in [0.2, 0.25) is 5.91 Å². The number of amides is 1. The Morgan fingerprint density at radius 2 is 1.67 bits per heavy atom. The molecule has 254 valence electrons. The molecule has 4 N–H and O–H groups in total. The number of nitrogen functional groups attached to an aromatic ring is 1. The number of nitrogens with zero attached hydrogens (tertiary/aromatic N) is 5. The number of carbonyl (C=O) groups is 1. The highest BCUT2D eigenvalue weighted by atomic mass is 16.2. The Kier molecular flexibility index (Phi) is 10.1. The molecule has 0 bridgehead atoms. The summed E-state index contributed by atoms with van der Waals surface area (Å²) in [6.45, 7) is 9.20. The number of benzene rings is 3. The predicted molar refractivity (Wildman–Crippen MR) is 199 cm³/mol. The Morgan fingerprint density at radius 3 is 2.33 bits per heavy atom. The van der Waals surface area contributed by atoms with E-state index in [0.29, 0.717) is 19.1 Å². The minimum absolute atomic E-state index is 0.0608. The minimum atomic E-state index is 0.0608. The summed E-state index contributed by atoms with van der Waals surface area (Å²) in [5.74, 6) is 2.05. The van der Waals surface area contributed by atoms with E-state index in [0.717, 1.165) is 78.3 Å². The van der Waals surface area contributed by atoms with E-state index in [4.69, 9.17) is 16.1 Å². The number of piperidine rings is 1. The van der Waals surface area contributed by atoms with Crippen LogP contribution in [0.2, 0.25) is 0 Å². The van der Waals surface area contributed by atoms with Gasteiger partial charge in [-0.3, -0.25) is 15.1 Å². The maximum absolute atomic E-state index is 14.2. The van der Waals surface area contributed by atoms with Crippen molar-refractivity contribution in [3.8, 4) is 0 Å². The third-order valence-corrected chi connectivity index (χ3v) is 9.60. The molecule has 9 nitrogen and oxygen atoms in total. The molecule has 1 saturated heterocycles. The molecule has 49 heavy (non-hydrogen) atoms. The summed E-state index contributed by atoms with van der Waals surface area (Å²) in [6, 6.07) is 28.9.